The predicted octanol–water partition coefficient (Wildman–Crippen LogP) is 5.01. The molecule has 2 amide bonds. The molecule has 5 atom stereocenters. The lowest BCUT2D eigenvalue weighted by atomic mass is 9.91. The van der Waals surface area contributed by atoms with Crippen LogP contribution in [-0.4, -0.2) is 84.4 Å². The van der Waals surface area contributed by atoms with Gasteiger partial charge in [0.2, 0.25) is 5.91 Å². The SMILES string of the molecule is C/C(=C\c1cc(F)cc(NC(=O)CC2CC2)c1)[C@H]1OC(=O)C[C@H](O)CC[C@H](C)[C@@H](OC(=O)N2CCN(C)CC2)/C=C/[C@@H]1C. The highest BCUT2D eigenvalue weighted by atomic mass is 19.1. The van der Waals surface area contributed by atoms with Gasteiger partial charge >= 0.3 is 12.1 Å². The number of cyclic esters (lactones) is 1. The maximum Gasteiger partial charge on any atom is 0.410 e. The van der Waals surface area contributed by atoms with Gasteiger partial charge in [-0.25, -0.2) is 9.18 Å². The van der Waals surface area contributed by atoms with Crippen molar-refractivity contribution in [2.45, 2.75) is 77.6 Å². The highest BCUT2D eigenvalue weighted by Gasteiger charge is 2.29. The molecule has 1 aromatic rings. The minimum Gasteiger partial charge on any atom is -0.457 e. The fourth-order valence-corrected chi connectivity index (χ4v) is 5.54. The van der Waals surface area contributed by atoms with Crippen LogP contribution in [0.5, 0.6) is 0 Å². The first-order valence-electron chi connectivity index (χ1n) is 15.5. The molecule has 10 heteroatoms. The van der Waals surface area contributed by atoms with Crippen molar-refractivity contribution in [1.29, 1.82) is 0 Å². The Balaban J connectivity index is 1.53. The standard InChI is InChI=1S/C33H46FN3O6/c1-21-5-9-28(38)20-31(40)43-32(22(2)6-10-29(21)42-33(41)37-13-11-36(4)12-14-37)23(3)15-25-16-26(34)19-27(17-25)35-30(39)18-24-7-8-24/h6,10,15-17,19,21-22,24,28-29,32,38H,5,7-9,11-14,18,20H2,1-4H3,(H,35,39)/b10-6+,23-15+/t21-,22-,28+,29-,32-/m0/s1. The lowest BCUT2D eigenvalue weighted by Crippen LogP contribution is -2.48. The molecule has 1 saturated carbocycles. The highest BCUT2D eigenvalue weighted by Crippen LogP contribution is 2.33. The molecule has 0 bridgehead atoms. The van der Waals surface area contributed by atoms with Crippen molar-refractivity contribution in [3.63, 3.8) is 0 Å². The molecule has 2 fully saturated rings. The number of nitrogens with zero attached hydrogens (tertiary/aromatic N) is 2. The molecule has 236 valence electrons. The van der Waals surface area contributed by atoms with Crippen molar-refractivity contribution < 1.29 is 33.4 Å². The number of esters is 1. The molecule has 0 spiro atoms. The zero-order valence-corrected chi connectivity index (χ0v) is 25.8. The van der Waals surface area contributed by atoms with Gasteiger partial charge in [0.1, 0.15) is 18.0 Å². The molecule has 0 unspecified atom stereocenters. The molecule has 9 nitrogen and oxygen atoms in total. The van der Waals surface area contributed by atoms with Crippen LogP contribution in [0.1, 0.15) is 64.9 Å². The van der Waals surface area contributed by atoms with E-state index in [2.05, 4.69) is 10.2 Å². The Morgan fingerprint density at radius 2 is 1.81 bits per heavy atom. The summed E-state index contributed by atoms with van der Waals surface area (Å²) in [5, 5.41) is 13.4. The number of aliphatic hydroxyl groups excluding tert-OH is 1. The quantitative estimate of drug-likeness (QED) is 0.350. The largest absolute Gasteiger partial charge is 0.457 e. The predicted molar refractivity (Wildman–Crippen MR) is 163 cm³/mol. The molecule has 2 aliphatic heterocycles. The van der Waals surface area contributed by atoms with E-state index in [4.69, 9.17) is 9.47 Å². The third kappa shape index (κ3) is 10.2. The first kappa shape index (κ1) is 32.7. The van der Waals surface area contributed by atoms with Crippen molar-refractivity contribution in [3.05, 3.63) is 47.3 Å². The highest BCUT2D eigenvalue weighted by molar-refractivity contribution is 5.91. The van der Waals surface area contributed by atoms with E-state index in [0.717, 1.165) is 25.9 Å². The van der Waals surface area contributed by atoms with Gasteiger partial charge in [-0.2, -0.15) is 0 Å². The molecular weight excluding hydrogens is 553 g/mol. The third-order valence-electron chi connectivity index (χ3n) is 8.48. The number of halogens is 1. The number of anilines is 1. The molecule has 3 aliphatic rings. The number of amides is 2. The zero-order chi connectivity index (χ0) is 31.1. The number of hydrogen-bond acceptors (Lipinski definition) is 7. The van der Waals surface area contributed by atoms with Crippen molar-refractivity contribution >= 4 is 29.7 Å². The number of aliphatic hydroxyl groups is 1. The maximum atomic E-state index is 14.5. The molecular formula is C33H46FN3O6. The monoisotopic (exact) mass is 599 g/mol. The van der Waals surface area contributed by atoms with Crippen LogP contribution in [0.25, 0.3) is 6.08 Å². The Labute approximate surface area is 254 Å². The normalized spacial score (nSPS) is 28.7. The van der Waals surface area contributed by atoms with Crippen molar-refractivity contribution in [3.8, 4) is 0 Å². The summed E-state index contributed by atoms with van der Waals surface area (Å²) >= 11 is 0. The van der Waals surface area contributed by atoms with E-state index in [1.165, 1.54) is 12.1 Å². The Bertz CT molecular complexity index is 1210. The van der Waals surface area contributed by atoms with Gasteiger partial charge in [-0.3, -0.25) is 9.59 Å². The third-order valence-corrected chi connectivity index (χ3v) is 8.48. The topological polar surface area (TPSA) is 108 Å². The summed E-state index contributed by atoms with van der Waals surface area (Å²) in [6.45, 7) is 8.44. The number of carbonyl (C=O) groups is 3. The number of carbonyl (C=O) groups excluding carboxylic acids is 3. The molecule has 2 heterocycles. The van der Waals surface area contributed by atoms with Crippen LogP contribution in [0.3, 0.4) is 0 Å². The van der Waals surface area contributed by atoms with Crippen LogP contribution >= 0.6 is 0 Å². The van der Waals surface area contributed by atoms with Crippen LogP contribution in [0.4, 0.5) is 14.9 Å². The van der Waals surface area contributed by atoms with Crippen LogP contribution in [0.15, 0.2) is 35.9 Å². The molecule has 1 saturated heterocycles. The molecule has 43 heavy (non-hydrogen) atoms. The van der Waals surface area contributed by atoms with Crippen LogP contribution in [-0.2, 0) is 19.1 Å². The van der Waals surface area contributed by atoms with E-state index < -0.39 is 30.1 Å². The summed E-state index contributed by atoms with van der Waals surface area (Å²) in [5.41, 5.74) is 1.55. The molecule has 1 aromatic carbocycles. The van der Waals surface area contributed by atoms with Gasteiger partial charge in [-0.05, 0) is 86.9 Å². The van der Waals surface area contributed by atoms with E-state index >= 15 is 0 Å². The number of hydrogen-bond donors (Lipinski definition) is 2. The van der Waals surface area contributed by atoms with Crippen molar-refractivity contribution in [2.75, 3.05) is 38.5 Å². The summed E-state index contributed by atoms with van der Waals surface area (Å²) in [7, 11) is 2.02. The lowest BCUT2D eigenvalue weighted by Gasteiger charge is -2.33. The zero-order valence-electron chi connectivity index (χ0n) is 25.8. The van der Waals surface area contributed by atoms with E-state index in [1.54, 1.807) is 24.0 Å². The van der Waals surface area contributed by atoms with Crippen LogP contribution in [0, 0.1) is 23.6 Å². The Hall–Kier alpha value is -3.24. The fourth-order valence-electron chi connectivity index (χ4n) is 5.54. The second-order valence-electron chi connectivity index (χ2n) is 12.6. The summed E-state index contributed by atoms with van der Waals surface area (Å²) < 4.78 is 26.3. The number of benzene rings is 1. The average molecular weight is 600 g/mol. The molecule has 0 radical (unpaired) electrons. The summed E-state index contributed by atoms with van der Waals surface area (Å²) in [5.74, 6) is -1.14. The van der Waals surface area contributed by atoms with Crippen LogP contribution < -0.4 is 5.32 Å². The molecule has 0 aromatic heterocycles. The first-order valence-corrected chi connectivity index (χ1v) is 15.5. The van der Waals surface area contributed by atoms with Gasteiger partial charge < -0.3 is 29.7 Å². The first-order chi connectivity index (χ1) is 20.5. The summed E-state index contributed by atoms with van der Waals surface area (Å²) in [6.07, 6.45) is 6.28. The number of rotatable bonds is 6. The lowest BCUT2D eigenvalue weighted by molar-refractivity contribution is -0.151. The van der Waals surface area contributed by atoms with Gasteiger partial charge in [-0.1, -0.05) is 26.0 Å². The Morgan fingerprint density at radius 3 is 2.51 bits per heavy atom. The van der Waals surface area contributed by atoms with E-state index in [1.807, 2.05) is 33.0 Å². The Morgan fingerprint density at radius 1 is 1.09 bits per heavy atom. The number of likely N-dealkylation sites (N-methyl/N-ethyl adjacent to an activating group) is 1. The molecule has 1 aliphatic carbocycles. The van der Waals surface area contributed by atoms with Crippen LogP contribution in [0.2, 0.25) is 0 Å². The van der Waals surface area contributed by atoms with Gasteiger partial charge in [-0.15, -0.1) is 0 Å². The van der Waals surface area contributed by atoms with Crippen molar-refractivity contribution in [2.24, 2.45) is 17.8 Å². The van der Waals surface area contributed by atoms with E-state index in [9.17, 15) is 23.9 Å². The van der Waals surface area contributed by atoms with Gasteiger partial charge in [0.15, 0.2) is 0 Å². The molecule has 2 N–H and O–H groups in total. The van der Waals surface area contributed by atoms with Gasteiger partial charge in [0.05, 0.1) is 12.5 Å². The number of piperazine rings is 1. The molecule has 4 rings (SSSR count). The average Bonchev–Trinajstić information content (AvgIpc) is 3.75. The number of ether oxygens (including phenoxy) is 2. The minimum absolute atomic E-state index is 0.0825. The fraction of sp³-hybridized carbons (Fsp3) is 0.606. The van der Waals surface area contributed by atoms with Crippen molar-refractivity contribution in [1.82, 2.24) is 9.80 Å². The summed E-state index contributed by atoms with van der Waals surface area (Å²) in [4.78, 5) is 42.0. The van der Waals surface area contributed by atoms with E-state index in [0.29, 0.717) is 55.1 Å². The summed E-state index contributed by atoms with van der Waals surface area (Å²) in [6, 6.07) is 4.33. The minimum atomic E-state index is -0.891. The van der Waals surface area contributed by atoms with E-state index in [-0.39, 0.29) is 30.3 Å². The number of nitrogens with one attached hydrogen (secondary N) is 1. The van der Waals surface area contributed by atoms with Gasteiger partial charge in [0, 0.05) is 44.2 Å². The second kappa shape index (κ2) is 15.0. The smallest absolute Gasteiger partial charge is 0.410 e. The Kier molecular flexibility index (Phi) is 11.4. The second-order valence-corrected chi connectivity index (χ2v) is 12.6. The van der Waals surface area contributed by atoms with Gasteiger partial charge in [0.25, 0.3) is 0 Å². The maximum absolute atomic E-state index is 14.5.